The van der Waals surface area contributed by atoms with Crippen LogP contribution in [0, 0.1) is 0 Å². The van der Waals surface area contributed by atoms with Crippen molar-refractivity contribution in [1.82, 2.24) is 5.32 Å². The number of ether oxygens (including phenoxy) is 2. The van der Waals surface area contributed by atoms with Crippen LogP contribution in [0.2, 0.25) is 0 Å². The van der Waals surface area contributed by atoms with Crippen LogP contribution in [0.4, 0.5) is 0 Å². The molecule has 1 fully saturated rings. The summed E-state index contributed by atoms with van der Waals surface area (Å²) in [6.07, 6.45) is 2.13. The van der Waals surface area contributed by atoms with Gasteiger partial charge in [0.2, 0.25) is 0 Å². The first-order valence-electron chi connectivity index (χ1n) is 4.69. The lowest BCUT2D eigenvalue weighted by atomic mass is 10.1. The third-order valence-electron chi connectivity index (χ3n) is 2.16. The molecule has 2 atom stereocenters. The molecule has 0 amide bonds. The fourth-order valence-corrected chi connectivity index (χ4v) is 1.50. The van der Waals surface area contributed by atoms with Crippen molar-refractivity contribution in [3.8, 4) is 0 Å². The highest BCUT2D eigenvalue weighted by molar-refractivity contribution is 5.75. The molecule has 1 rings (SSSR count). The van der Waals surface area contributed by atoms with E-state index in [-0.39, 0.29) is 12.0 Å². The maximum atomic E-state index is 11.2. The predicted octanol–water partition coefficient (Wildman–Crippen LogP) is 0.316. The third-order valence-corrected chi connectivity index (χ3v) is 2.16. The van der Waals surface area contributed by atoms with Gasteiger partial charge in [-0.05, 0) is 6.42 Å². The largest absolute Gasteiger partial charge is 0.468 e. The summed E-state index contributed by atoms with van der Waals surface area (Å²) in [5.74, 6) is -0.235. The standard InChI is InChI=1S/C9H17NO3/c1-3-4-7-5-13-6-8(10-7)9(11)12-2/h7-8,10H,3-6H2,1-2H3. The molecule has 4 nitrogen and oxygen atoms in total. The summed E-state index contributed by atoms with van der Waals surface area (Å²) in [4.78, 5) is 11.2. The van der Waals surface area contributed by atoms with E-state index in [1.807, 2.05) is 0 Å². The molecule has 0 bridgehead atoms. The first kappa shape index (κ1) is 10.5. The average Bonchev–Trinajstić information content (AvgIpc) is 2.18. The van der Waals surface area contributed by atoms with Crippen LogP contribution in [0.5, 0.6) is 0 Å². The van der Waals surface area contributed by atoms with E-state index >= 15 is 0 Å². The van der Waals surface area contributed by atoms with Crippen LogP contribution in [-0.2, 0) is 14.3 Å². The number of esters is 1. The van der Waals surface area contributed by atoms with Gasteiger partial charge in [0.1, 0.15) is 6.04 Å². The Morgan fingerprint density at radius 2 is 2.38 bits per heavy atom. The highest BCUT2D eigenvalue weighted by Crippen LogP contribution is 2.06. The van der Waals surface area contributed by atoms with Gasteiger partial charge in [-0.1, -0.05) is 13.3 Å². The number of carbonyl (C=O) groups excluding carboxylic acids is 1. The Labute approximate surface area is 78.6 Å². The molecular weight excluding hydrogens is 170 g/mol. The summed E-state index contributed by atoms with van der Waals surface area (Å²) in [6.45, 7) is 3.23. The quantitative estimate of drug-likeness (QED) is 0.646. The Kier molecular flexibility index (Phi) is 4.18. The van der Waals surface area contributed by atoms with Gasteiger partial charge in [0.15, 0.2) is 0 Å². The van der Waals surface area contributed by atoms with Crippen LogP contribution in [0.1, 0.15) is 19.8 Å². The van der Waals surface area contributed by atoms with Crippen molar-refractivity contribution in [2.75, 3.05) is 20.3 Å². The van der Waals surface area contributed by atoms with E-state index in [1.54, 1.807) is 0 Å². The fraction of sp³-hybridized carbons (Fsp3) is 0.889. The second-order valence-corrected chi connectivity index (χ2v) is 3.27. The minimum atomic E-state index is -0.282. The highest BCUT2D eigenvalue weighted by Gasteiger charge is 2.26. The van der Waals surface area contributed by atoms with E-state index < -0.39 is 0 Å². The van der Waals surface area contributed by atoms with Gasteiger partial charge in [-0.2, -0.15) is 0 Å². The lowest BCUT2D eigenvalue weighted by Gasteiger charge is -2.29. The zero-order chi connectivity index (χ0) is 9.68. The van der Waals surface area contributed by atoms with Gasteiger partial charge < -0.3 is 9.47 Å². The minimum absolute atomic E-state index is 0.235. The fourth-order valence-electron chi connectivity index (χ4n) is 1.50. The number of methoxy groups -OCH3 is 1. The molecule has 0 aromatic heterocycles. The van der Waals surface area contributed by atoms with Gasteiger partial charge >= 0.3 is 5.97 Å². The molecule has 1 aliphatic heterocycles. The van der Waals surface area contributed by atoms with Crippen molar-refractivity contribution >= 4 is 5.97 Å². The molecule has 0 aromatic carbocycles. The second-order valence-electron chi connectivity index (χ2n) is 3.27. The van der Waals surface area contributed by atoms with Crippen LogP contribution < -0.4 is 5.32 Å². The SMILES string of the molecule is CCCC1COCC(C(=O)OC)N1. The van der Waals surface area contributed by atoms with Gasteiger partial charge in [0.25, 0.3) is 0 Å². The zero-order valence-electron chi connectivity index (χ0n) is 8.21. The molecule has 2 unspecified atom stereocenters. The number of hydrogen-bond donors (Lipinski definition) is 1. The Balaban J connectivity index is 2.37. The van der Waals surface area contributed by atoms with Gasteiger partial charge in [-0.25, -0.2) is 0 Å². The molecular formula is C9H17NO3. The van der Waals surface area contributed by atoms with Crippen molar-refractivity contribution in [3.05, 3.63) is 0 Å². The van der Waals surface area contributed by atoms with Gasteiger partial charge in [-0.15, -0.1) is 0 Å². The summed E-state index contributed by atoms with van der Waals surface area (Å²) in [6, 6.07) is 0.0122. The maximum absolute atomic E-state index is 11.2. The van der Waals surface area contributed by atoms with Crippen molar-refractivity contribution in [1.29, 1.82) is 0 Å². The Bertz CT molecular complexity index is 170. The third kappa shape index (κ3) is 2.97. The summed E-state index contributed by atoms with van der Waals surface area (Å²) < 4.78 is 9.94. The number of morpholine rings is 1. The molecule has 0 aromatic rings. The molecule has 0 radical (unpaired) electrons. The number of carbonyl (C=O) groups is 1. The van der Waals surface area contributed by atoms with Crippen molar-refractivity contribution < 1.29 is 14.3 Å². The van der Waals surface area contributed by atoms with Crippen LogP contribution in [0.15, 0.2) is 0 Å². The first-order chi connectivity index (χ1) is 6.27. The van der Waals surface area contributed by atoms with E-state index in [9.17, 15) is 4.79 Å². The lowest BCUT2D eigenvalue weighted by molar-refractivity contribution is -0.147. The van der Waals surface area contributed by atoms with E-state index in [2.05, 4.69) is 17.0 Å². The first-order valence-corrected chi connectivity index (χ1v) is 4.69. The summed E-state index contributed by atoms with van der Waals surface area (Å²) in [7, 11) is 1.40. The van der Waals surface area contributed by atoms with Crippen LogP contribution >= 0.6 is 0 Å². The van der Waals surface area contributed by atoms with Gasteiger partial charge in [0, 0.05) is 6.04 Å². The lowest BCUT2D eigenvalue weighted by Crippen LogP contribution is -2.52. The monoisotopic (exact) mass is 187 g/mol. The summed E-state index contributed by atoms with van der Waals surface area (Å²) >= 11 is 0. The Morgan fingerprint density at radius 3 is 3.00 bits per heavy atom. The highest BCUT2D eigenvalue weighted by atomic mass is 16.5. The summed E-state index contributed by atoms with van der Waals surface area (Å²) in [5.41, 5.74) is 0. The molecule has 1 saturated heterocycles. The minimum Gasteiger partial charge on any atom is -0.468 e. The molecule has 1 aliphatic rings. The Hall–Kier alpha value is -0.610. The van der Waals surface area contributed by atoms with Gasteiger partial charge in [0.05, 0.1) is 20.3 Å². The number of hydrogen-bond acceptors (Lipinski definition) is 4. The average molecular weight is 187 g/mol. The smallest absolute Gasteiger partial charge is 0.325 e. The summed E-state index contributed by atoms with van der Waals surface area (Å²) in [5, 5.41) is 3.21. The van der Waals surface area contributed by atoms with E-state index in [0.717, 1.165) is 12.8 Å². The molecule has 0 aliphatic carbocycles. The van der Waals surface area contributed by atoms with Crippen LogP contribution in [0.25, 0.3) is 0 Å². The normalized spacial score (nSPS) is 28.5. The van der Waals surface area contributed by atoms with Crippen molar-refractivity contribution in [2.45, 2.75) is 31.8 Å². The number of nitrogens with one attached hydrogen (secondary N) is 1. The molecule has 0 saturated carbocycles. The second kappa shape index (κ2) is 5.19. The van der Waals surface area contributed by atoms with E-state index in [0.29, 0.717) is 19.3 Å². The zero-order valence-corrected chi connectivity index (χ0v) is 8.21. The topological polar surface area (TPSA) is 47.6 Å². The molecule has 1 N–H and O–H groups in total. The maximum Gasteiger partial charge on any atom is 0.325 e. The van der Waals surface area contributed by atoms with Crippen molar-refractivity contribution in [3.63, 3.8) is 0 Å². The molecule has 13 heavy (non-hydrogen) atoms. The molecule has 4 heteroatoms. The molecule has 0 spiro atoms. The Morgan fingerprint density at radius 1 is 1.62 bits per heavy atom. The van der Waals surface area contributed by atoms with Crippen molar-refractivity contribution in [2.24, 2.45) is 0 Å². The molecule has 1 heterocycles. The van der Waals surface area contributed by atoms with E-state index in [4.69, 9.17) is 4.74 Å². The van der Waals surface area contributed by atoms with Gasteiger partial charge in [-0.3, -0.25) is 10.1 Å². The predicted molar refractivity (Wildman–Crippen MR) is 48.5 cm³/mol. The van der Waals surface area contributed by atoms with Crippen LogP contribution in [-0.4, -0.2) is 38.4 Å². The van der Waals surface area contributed by atoms with E-state index in [1.165, 1.54) is 7.11 Å². The molecule has 76 valence electrons. The van der Waals surface area contributed by atoms with Crippen LogP contribution in [0.3, 0.4) is 0 Å². The number of rotatable bonds is 3.